The zero-order valence-corrected chi connectivity index (χ0v) is 14.0. The van der Waals surface area contributed by atoms with Crippen LogP contribution >= 0.6 is 0 Å². The number of rotatable bonds is 6. The summed E-state index contributed by atoms with van der Waals surface area (Å²) in [5, 5.41) is 13.9. The topological polar surface area (TPSA) is 71.0 Å². The van der Waals surface area contributed by atoms with Gasteiger partial charge in [-0.15, -0.1) is 0 Å². The SMILES string of the molecule is CON(C)C(=O)Nc1ccc(OCC(O)c2ccc(C)cc2)cc1. The fraction of sp³-hybridized carbons (Fsp3) is 0.278. The first kappa shape index (κ1) is 17.8. The van der Waals surface area contributed by atoms with Gasteiger partial charge in [0.05, 0.1) is 7.11 Å². The number of carbonyl (C=O) groups excluding carboxylic acids is 1. The highest BCUT2D eigenvalue weighted by Crippen LogP contribution is 2.19. The van der Waals surface area contributed by atoms with E-state index < -0.39 is 6.10 Å². The van der Waals surface area contributed by atoms with Gasteiger partial charge in [0, 0.05) is 12.7 Å². The number of aliphatic hydroxyl groups excluding tert-OH is 1. The van der Waals surface area contributed by atoms with Crippen molar-refractivity contribution in [3.05, 3.63) is 59.7 Å². The molecule has 6 nitrogen and oxygen atoms in total. The van der Waals surface area contributed by atoms with Gasteiger partial charge < -0.3 is 15.2 Å². The second-order valence-electron chi connectivity index (χ2n) is 5.37. The molecule has 2 aromatic rings. The maximum Gasteiger partial charge on any atom is 0.345 e. The van der Waals surface area contributed by atoms with E-state index in [1.165, 1.54) is 14.2 Å². The van der Waals surface area contributed by atoms with Gasteiger partial charge >= 0.3 is 6.03 Å². The number of aryl methyl sites for hydroxylation is 1. The van der Waals surface area contributed by atoms with Crippen LogP contribution in [0.4, 0.5) is 10.5 Å². The number of nitrogens with one attached hydrogen (secondary N) is 1. The zero-order chi connectivity index (χ0) is 17.5. The van der Waals surface area contributed by atoms with Crippen molar-refractivity contribution in [2.24, 2.45) is 0 Å². The van der Waals surface area contributed by atoms with Crippen LogP contribution in [0.15, 0.2) is 48.5 Å². The number of urea groups is 1. The summed E-state index contributed by atoms with van der Waals surface area (Å²) in [4.78, 5) is 16.4. The third kappa shape index (κ3) is 4.97. The summed E-state index contributed by atoms with van der Waals surface area (Å²) in [6, 6.07) is 14.2. The van der Waals surface area contributed by atoms with Crippen molar-refractivity contribution >= 4 is 11.7 Å². The molecule has 0 aromatic heterocycles. The van der Waals surface area contributed by atoms with Crippen LogP contribution in [-0.4, -0.2) is 37.0 Å². The standard InChI is InChI=1S/C18H22N2O4/c1-13-4-6-14(7-5-13)17(21)12-24-16-10-8-15(9-11-16)19-18(22)20(2)23-3/h4-11,17,21H,12H2,1-3H3,(H,19,22). The third-order valence-electron chi connectivity index (χ3n) is 3.54. The number of hydrogen-bond donors (Lipinski definition) is 2. The predicted molar refractivity (Wildman–Crippen MR) is 91.9 cm³/mol. The molecule has 0 saturated carbocycles. The highest BCUT2D eigenvalue weighted by Gasteiger charge is 2.09. The Morgan fingerprint density at radius 3 is 2.38 bits per heavy atom. The minimum atomic E-state index is -0.694. The molecule has 1 unspecified atom stereocenters. The second-order valence-corrected chi connectivity index (χ2v) is 5.37. The van der Waals surface area contributed by atoms with E-state index >= 15 is 0 Å². The summed E-state index contributed by atoms with van der Waals surface area (Å²) in [5.74, 6) is 0.610. The highest BCUT2D eigenvalue weighted by atomic mass is 16.7. The molecule has 1 atom stereocenters. The number of nitrogens with zero attached hydrogens (tertiary/aromatic N) is 1. The summed E-state index contributed by atoms with van der Waals surface area (Å²) in [6.07, 6.45) is -0.694. The van der Waals surface area contributed by atoms with Crippen molar-refractivity contribution in [1.29, 1.82) is 0 Å². The first-order chi connectivity index (χ1) is 11.5. The molecule has 0 bridgehead atoms. The van der Waals surface area contributed by atoms with Gasteiger partial charge in [-0.05, 0) is 36.8 Å². The van der Waals surface area contributed by atoms with Gasteiger partial charge in [-0.25, -0.2) is 9.86 Å². The molecule has 2 amide bonds. The minimum absolute atomic E-state index is 0.154. The van der Waals surface area contributed by atoms with Crippen LogP contribution in [0.2, 0.25) is 0 Å². The molecule has 2 rings (SSSR count). The molecule has 0 saturated heterocycles. The number of amides is 2. The molecular weight excluding hydrogens is 308 g/mol. The van der Waals surface area contributed by atoms with Crippen molar-refractivity contribution in [1.82, 2.24) is 5.06 Å². The normalized spacial score (nSPS) is 11.7. The molecule has 24 heavy (non-hydrogen) atoms. The van der Waals surface area contributed by atoms with Gasteiger partial charge in [0.1, 0.15) is 18.5 Å². The molecule has 2 aromatic carbocycles. The van der Waals surface area contributed by atoms with Crippen LogP contribution in [0.5, 0.6) is 5.75 Å². The van der Waals surface area contributed by atoms with Gasteiger partial charge in [0.2, 0.25) is 0 Å². The molecule has 0 aliphatic heterocycles. The van der Waals surface area contributed by atoms with Gasteiger partial charge in [-0.1, -0.05) is 29.8 Å². The number of ether oxygens (including phenoxy) is 1. The molecule has 0 heterocycles. The second kappa shape index (κ2) is 8.33. The maximum absolute atomic E-state index is 11.6. The lowest BCUT2D eigenvalue weighted by molar-refractivity contribution is -0.0598. The van der Waals surface area contributed by atoms with Crippen molar-refractivity contribution in [3.63, 3.8) is 0 Å². The van der Waals surface area contributed by atoms with Crippen LogP contribution in [0.1, 0.15) is 17.2 Å². The summed E-state index contributed by atoms with van der Waals surface area (Å²) in [6.45, 7) is 2.15. The Morgan fingerprint density at radius 2 is 1.79 bits per heavy atom. The Kier molecular flexibility index (Phi) is 6.17. The zero-order valence-electron chi connectivity index (χ0n) is 14.0. The molecule has 0 aliphatic rings. The summed E-state index contributed by atoms with van der Waals surface area (Å²) >= 11 is 0. The largest absolute Gasteiger partial charge is 0.491 e. The van der Waals surface area contributed by atoms with Crippen LogP contribution in [0.25, 0.3) is 0 Å². The number of hydrogen-bond acceptors (Lipinski definition) is 4. The molecule has 0 radical (unpaired) electrons. The number of hydroxylamine groups is 2. The Hall–Kier alpha value is -2.57. The fourth-order valence-corrected chi connectivity index (χ4v) is 1.98. The van der Waals surface area contributed by atoms with Crippen LogP contribution < -0.4 is 10.1 Å². The first-order valence-corrected chi connectivity index (χ1v) is 7.56. The minimum Gasteiger partial charge on any atom is -0.491 e. The van der Waals surface area contributed by atoms with Gasteiger partial charge in [0.15, 0.2) is 0 Å². The first-order valence-electron chi connectivity index (χ1n) is 7.56. The van der Waals surface area contributed by atoms with E-state index in [2.05, 4.69) is 5.32 Å². The summed E-state index contributed by atoms with van der Waals surface area (Å²) in [5.41, 5.74) is 2.58. The van der Waals surface area contributed by atoms with Crippen LogP contribution in [0, 0.1) is 6.92 Å². The molecule has 0 aliphatic carbocycles. The number of carbonyl (C=O) groups is 1. The van der Waals surface area contributed by atoms with E-state index in [4.69, 9.17) is 9.57 Å². The van der Waals surface area contributed by atoms with Gasteiger partial charge in [0.25, 0.3) is 0 Å². The molecular formula is C18H22N2O4. The smallest absolute Gasteiger partial charge is 0.345 e. The molecule has 0 fully saturated rings. The lowest BCUT2D eigenvalue weighted by atomic mass is 10.1. The average Bonchev–Trinajstić information content (AvgIpc) is 2.60. The number of aliphatic hydroxyl groups is 1. The quantitative estimate of drug-likeness (QED) is 0.798. The van der Waals surface area contributed by atoms with E-state index in [1.807, 2.05) is 31.2 Å². The van der Waals surface area contributed by atoms with E-state index in [1.54, 1.807) is 24.3 Å². The predicted octanol–water partition coefficient (Wildman–Crippen LogP) is 3.13. The number of anilines is 1. The molecule has 2 N–H and O–H groups in total. The van der Waals surface area contributed by atoms with Crippen molar-refractivity contribution in [3.8, 4) is 5.75 Å². The summed E-state index contributed by atoms with van der Waals surface area (Å²) < 4.78 is 5.58. The van der Waals surface area contributed by atoms with Crippen molar-refractivity contribution in [2.75, 3.05) is 26.1 Å². The monoisotopic (exact) mass is 330 g/mol. The Morgan fingerprint density at radius 1 is 1.17 bits per heavy atom. The number of benzene rings is 2. The van der Waals surface area contributed by atoms with E-state index in [-0.39, 0.29) is 12.6 Å². The van der Waals surface area contributed by atoms with E-state index in [0.717, 1.165) is 16.2 Å². The molecule has 6 heteroatoms. The Bertz CT molecular complexity index is 656. The van der Waals surface area contributed by atoms with Crippen molar-refractivity contribution in [2.45, 2.75) is 13.0 Å². The van der Waals surface area contributed by atoms with Crippen LogP contribution in [0.3, 0.4) is 0 Å². The molecule has 0 spiro atoms. The van der Waals surface area contributed by atoms with Gasteiger partial charge in [-0.3, -0.25) is 4.84 Å². The third-order valence-corrected chi connectivity index (χ3v) is 3.54. The maximum atomic E-state index is 11.6. The van der Waals surface area contributed by atoms with E-state index in [9.17, 15) is 9.90 Å². The Balaban J connectivity index is 1.87. The highest BCUT2D eigenvalue weighted by molar-refractivity contribution is 5.88. The molecule has 128 valence electrons. The lowest BCUT2D eigenvalue weighted by Gasteiger charge is -2.15. The summed E-state index contributed by atoms with van der Waals surface area (Å²) in [7, 11) is 2.93. The fourth-order valence-electron chi connectivity index (χ4n) is 1.98. The Labute approximate surface area is 141 Å². The average molecular weight is 330 g/mol. The van der Waals surface area contributed by atoms with Gasteiger partial charge in [-0.2, -0.15) is 0 Å². The lowest BCUT2D eigenvalue weighted by Crippen LogP contribution is -2.30. The van der Waals surface area contributed by atoms with Crippen LogP contribution in [-0.2, 0) is 4.84 Å². The van der Waals surface area contributed by atoms with E-state index in [0.29, 0.717) is 11.4 Å². The van der Waals surface area contributed by atoms with Crippen molar-refractivity contribution < 1.29 is 19.5 Å².